The molecule has 5 heterocycles. The van der Waals surface area contributed by atoms with Crippen molar-refractivity contribution in [3.05, 3.63) is 94.9 Å². The Bertz CT molecular complexity index is 2830. The number of hydrogen-bond acceptors (Lipinski definition) is 20. The Balaban J connectivity index is 0.000000987. The van der Waals surface area contributed by atoms with Gasteiger partial charge in [0.1, 0.15) is 5.82 Å². The number of H-pyrrole nitrogens is 1. The third-order valence-electron chi connectivity index (χ3n) is 10.8. The minimum Gasteiger partial charge on any atom is -0.354 e. The smallest absolute Gasteiger partial charge is 0.234 e. The molecule has 0 aromatic carbocycles. The fraction of sp³-hybridized carbons (Fsp3) is 0.596. The normalized spacial score (nSPS) is 11.6. The number of pyridine rings is 3. The number of aromatic nitrogens is 6. The van der Waals surface area contributed by atoms with E-state index in [1.807, 2.05) is 58.8 Å². The highest BCUT2D eigenvalue weighted by Gasteiger charge is 2.17. The summed E-state index contributed by atoms with van der Waals surface area (Å²) in [5.41, 5.74) is 6.00. The third kappa shape index (κ3) is 31.8. The molecule has 5 rings (SSSR count). The summed E-state index contributed by atoms with van der Waals surface area (Å²) < 4.78 is 95.6. The lowest BCUT2D eigenvalue weighted by Gasteiger charge is -2.17. The van der Waals surface area contributed by atoms with Crippen LogP contribution in [0.2, 0.25) is 0 Å². The molecule has 462 valence electrons. The van der Waals surface area contributed by atoms with E-state index in [9.17, 15) is 33.7 Å². The highest BCUT2D eigenvalue weighted by Crippen LogP contribution is 2.19. The Morgan fingerprint density at radius 1 is 0.494 bits per heavy atom. The SMILES string of the molecule is C.CC(C)NCc1cc(N(C)S(C)(=O)=O)ccn1.CC(C)NCc1ccnc(N(C)S(C)(=O)=O)c1.CC(C)NCc1cnc(N(C)S(C)(=O)=O)[nH]1.CC(C)NCc1cncc(N(C)S(C)(=O)=O)c1.CC(C)NCc1csc(N(C)C)n1. The van der Waals surface area contributed by atoms with Gasteiger partial charge in [-0.05, 0) is 41.5 Å². The maximum absolute atomic E-state index is 11.4. The fourth-order valence-electron chi connectivity index (χ4n) is 5.71. The molecule has 0 atom stereocenters. The molecule has 0 aliphatic rings. The number of nitrogens with zero attached hydrogens (tertiary/aromatic N) is 10. The molecule has 5 aromatic rings. The number of hydrogen-bond donors (Lipinski definition) is 6. The average Bonchev–Trinajstić information content (AvgIpc) is 4.06. The monoisotopic (exact) mass is 1230 g/mol. The molecule has 29 heteroatoms. The number of nitrogens with one attached hydrogen (secondary N) is 6. The molecule has 0 aliphatic carbocycles. The summed E-state index contributed by atoms with van der Waals surface area (Å²) in [5.74, 6) is 0.776. The van der Waals surface area contributed by atoms with E-state index in [4.69, 9.17) is 0 Å². The zero-order chi connectivity index (χ0) is 61.3. The van der Waals surface area contributed by atoms with Crippen LogP contribution in [0.5, 0.6) is 0 Å². The van der Waals surface area contributed by atoms with Crippen LogP contribution in [0.25, 0.3) is 0 Å². The van der Waals surface area contributed by atoms with E-state index in [-0.39, 0.29) is 7.43 Å². The number of thiazole rings is 1. The maximum Gasteiger partial charge on any atom is 0.234 e. The summed E-state index contributed by atoms with van der Waals surface area (Å²) in [5, 5.41) is 19.5. The molecule has 0 saturated carbocycles. The fourth-order valence-corrected chi connectivity index (χ4v) is 8.29. The van der Waals surface area contributed by atoms with Gasteiger partial charge in [-0.25, -0.2) is 52.9 Å². The molecule has 0 fully saturated rings. The number of sulfonamides is 4. The van der Waals surface area contributed by atoms with Gasteiger partial charge >= 0.3 is 0 Å². The lowest BCUT2D eigenvalue weighted by atomic mass is 10.2. The third-order valence-corrected chi connectivity index (χ3v) is 16.6. The largest absolute Gasteiger partial charge is 0.354 e. The number of anilines is 5. The van der Waals surface area contributed by atoms with Crippen LogP contribution in [0.3, 0.4) is 0 Å². The molecular formula is C52H96N16O8S5. The zero-order valence-corrected chi connectivity index (χ0v) is 54.6. The van der Waals surface area contributed by atoms with Crippen LogP contribution in [-0.2, 0) is 72.8 Å². The van der Waals surface area contributed by atoms with Crippen molar-refractivity contribution in [2.24, 2.45) is 0 Å². The van der Waals surface area contributed by atoms with Crippen LogP contribution in [0.15, 0.2) is 66.7 Å². The molecule has 81 heavy (non-hydrogen) atoms. The molecule has 24 nitrogen and oxygen atoms in total. The number of imidazole rings is 1. The Morgan fingerprint density at radius 2 is 0.951 bits per heavy atom. The maximum atomic E-state index is 11.4. The van der Waals surface area contributed by atoms with Crippen molar-refractivity contribution in [3.8, 4) is 0 Å². The highest BCUT2D eigenvalue weighted by molar-refractivity contribution is 7.92. The van der Waals surface area contributed by atoms with Crippen molar-refractivity contribution >= 4 is 79.7 Å². The summed E-state index contributed by atoms with van der Waals surface area (Å²) in [4.78, 5) is 25.7. The van der Waals surface area contributed by atoms with Crippen LogP contribution in [-0.4, -0.2) is 161 Å². The van der Waals surface area contributed by atoms with E-state index in [1.54, 1.807) is 60.5 Å². The van der Waals surface area contributed by atoms with Crippen LogP contribution in [0, 0.1) is 0 Å². The van der Waals surface area contributed by atoms with Crippen LogP contribution in [0.1, 0.15) is 105 Å². The number of aromatic amines is 1. The standard InChI is InChI=1S/3C11H19N3O2S.C9H18N4O2S.C9H17N3S.CH4/c1-9(2)13-7-10-5-11(8-12-6-10)14(3)17(4,15)16;1-9(2)13-8-10-7-11(5-6-12-10)14(3)17(4,15)16;1-9(2)13-8-10-5-6-12-11(7-10)14(3)17(4,15)16;1-7(2)10-5-8-6-11-9(12-8)13(3)16(4,14)15;1-7(2)10-5-8-6-13-9(11-8)12(3)4;/h5-6,8-9,13H,7H2,1-4H3;2*5-7,9,13H,8H2,1-4H3;6-7,10H,5H2,1-4H3,(H,11,12);6-7,10H,5H2,1-4H3;1H4. The summed E-state index contributed by atoms with van der Waals surface area (Å²) in [6.07, 6.45) is 12.8. The molecule has 0 spiro atoms. The minimum absolute atomic E-state index is 0. The van der Waals surface area contributed by atoms with Gasteiger partial charge in [0.05, 0.1) is 65.9 Å². The van der Waals surface area contributed by atoms with Crippen molar-refractivity contribution in [3.63, 3.8) is 0 Å². The van der Waals surface area contributed by atoms with Gasteiger partial charge in [-0.1, -0.05) is 76.7 Å². The van der Waals surface area contributed by atoms with Crippen LogP contribution in [0.4, 0.5) is 28.3 Å². The quantitative estimate of drug-likeness (QED) is 0.0440. The Kier molecular flexibility index (Phi) is 33.5. The van der Waals surface area contributed by atoms with E-state index in [0.29, 0.717) is 79.5 Å². The second-order valence-corrected chi connectivity index (χ2v) is 29.3. The summed E-state index contributed by atoms with van der Waals surface area (Å²) >= 11 is 1.68. The van der Waals surface area contributed by atoms with Gasteiger partial charge in [0.2, 0.25) is 46.0 Å². The molecule has 6 N–H and O–H groups in total. The number of rotatable bonds is 24. The van der Waals surface area contributed by atoms with E-state index < -0.39 is 40.1 Å². The summed E-state index contributed by atoms with van der Waals surface area (Å²) in [6.45, 7) is 24.2. The second-order valence-electron chi connectivity index (χ2n) is 20.4. The molecule has 0 amide bonds. The van der Waals surface area contributed by atoms with Crippen molar-refractivity contribution in [1.29, 1.82) is 0 Å². The van der Waals surface area contributed by atoms with Crippen molar-refractivity contribution in [2.75, 3.05) is 89.4 Å². The lowest BCUT2D eigenvalue weighted by molar-refractivity contribution is 0.581. The highest BCUT2D eigenvalue weighted by atomic mass is 32.2. The predicted octanol–water partition coefficient (Wildman–Crippen LogP) is 5.57. The van der Waals surface area contributed by atoms with E-state index in [0.717, 1.165) is 56.7 Å². The van der Waals surface area contributed by atoms with Gasteiger partial charge in [-0.3, -0.25) is 22.9 Å². The zero-order valence-electron chi connectivity index (χ0n) is 50.6. The van der Waals surface area contributed by atoms with Crippen molar-refractivity contribution in [2.45, 2.75) is 140 Å². The van der Waals surface area contributed by atoms with Gasteiger partial charge in [0, 0.05) is 129 Å². The van der Waals surface area contributed by atoms with Crippen molar-refractivity contribution < 1.29 is 33.7 Å². The molecule has 0 bridgehead atoms. The first-order valence-electron chi connectivity index (χ1n) is 25.7. The van der Waals surface area contributed by atoms with Crippen LogP contribution < -0.4 is 48.7 Å². The Hall–Kier alpha value is -5.11. The Morgan fingerprint density at radius 3 is 1.43 bits per heavy atom. The lowest BCUT2D eigenvalue weighted by Crippen LogP contribution is -2.26. The van der Waals surface area contributed by atoms with E-state index in [2.05, 4.69) is 103 Å². The molecule has 0 radical (unpaired) electrons. The molecule has 5 aromatic heterocycles. The van der Waals surface area contributed by atoms with Crippen molar-refractivity contribution in [1.82, 2.24) is 56.5 Å². The first kappa shape index (κ1) is 75.9. The molecule has 0 unspecified atom stereocenters. The average molecular weight is 1230 g/mol. The predicted molar refractivity (Wildman–Crippen MR) is 337 cm³/mol. The van der Waals surface area contributed by atoms with Gasteiger partial charge in [0.25, 0.3) is 0 Å². The molecule has 0 saturated heterocycles. The molecular weight excluding hydrogens is 1140 g/mol. The first-order valence-corrected chi connectivity index (χ1v) is 34.0. The minimum atomic E-state index is -3.25. The van der Waals surface area contributed by atoms with E-state index in [1.165, 1.54) is 53.6 Å². The van der Waals surface area contributed by atoms with Gasteiger partial charge in [0.15, 0.2) is 5.13 Å². The van der Waals surface area contributed by atoms with Gasteiger partial charge in [-0.15, -0.1) is 11.3 Å². The topological polar surface area (TPSA) is 293 Å². The first-order chi connectivity index (χ1) is 36.8. The van der Waals surface area contributed by atoms with Crippen LogP contribution >= 0.6 is 11.3 Å². The molecule has 0 aliphatic heterocycles. The Labute approximate surface area is 491 Å². The van der Waals surface area contributed by atoms with Gasteiger partial charge < -0.3 is 36.5 Å². The van der Waals surface area contributed by atoms with E-state index >= 15 is 0 Å². The summed E-state index contributed by atoms with van der Waals surface area (Å²) in [7, 11) is -2.92. The van der Waals surface area contributed by atoms with Gasteiger partial charge in [-0.2, -0.15) is 0 Å². The second kappa shape index (κ2) is 35.8. The summed E-state index contributed by atoms with van der Waals surface area (Å²) in [6, 6.07) is 11.0.